The van der Waals surface area contributed by atoms with Crippen LogP contribution >= 0.6 is 0 Å². The van der Waals surface area contributed by atoms with Gasteiger partial charge in [-0.15, -0.1) is 0 Å². The van der Waals surface area contributed by atoms with E-state index >= 15 is 0 Å². The van der Waals surface area contributed by atoms with Crippen LogP contribution in [0.3, 0.4) is 0 Å². The fourth-order valence-electron chi connectivity index (χ4n) is 3.01. The molecular formula is C21H15FN6. The summed E-state index contributed by atoms with van der Waals surface area (Å²) in [4.78, 5) is 12.6. The van der Waals surface area contributed by atoms with Crippen LogP contribution in [0.15, 0.2) is 60.9 Å². The van der Waals surface area contributed by atoms with Crippen molar-refractivity contribution in [2.24, 2.45) is 0 Å². The van der Waals surface area contributed by atoms with E-state index in [0.29, 0.717) is 22.4 Å². The molecule has 0 aliphatic carbocycles. The molecule has 3 N–H and O–H groups in total. The summed E-state index contributed by atoms with van der Waals surface area (Å²) in [5.74, 6) is 0.115. The molecule has 28 heavy (non-hydrogen) atoms. The van der Waals surface area contributed by atoms with E-state index in [9.17, 15) is 9.65 Å². The topological polar surface area (TPSA) is 101 Å². The molecule has 136 valence electrons. The Morgan fingerprint density at radius 3 is 2.68 bits per heavy atom. The lowest BCUT2D eigenvalue weighted by Crippen LogP contribution is -2.09. The first-order valence-corrected chi connectivity index (χ1v) is 8.55. The smallest absolute Gasteiger partial charge is 0.149 e. The third-order valence-corrected chi connectivity index (χ3v) is 4.38. The number of pyridine rings is 1. The van der Waals surface area contributed by atoms with Crippen molar-refractivity contribution in [3.8, 4) is 17.2 Å². The van der Waals surface area contributed by atoms with Crippen LogP contribution in [0.1, 0.15) is 11.3 Å². The van der Waals surface area contributed by atoms with Gasteiger partial charge in [-0.25, -0.2) is 14.4 Å². The number of nitrogens with two attached hydrogens (primary N) is 1. The van der Waals surface area contributed by atoms with Gasteiger partial charge in [-0.1, -0.05) is 36.4 Å². The summed E-state index contributed by atoms with van der Waals surface area (Å²) in [6.45, 7) is 0.280. The van der Waals surface area contributed by atoms with Crippen LogP contribution in [0.25, 0.3) is 22.0 Å². The maximum atomic E-state index is 14.3. The number of nitriles is 1. The van der Waals surface area contributed by atoms with Crippen molar-refractivity contribution in [2.45, 2.75) is 6.54 Å². The average Bonchev–Trinajstić information content (AvgIpc) is 2.72. The molecule has 0 aliphatic rings. The maximum absolute atomic E-state index is 14.3. The molecule has 4 rings (SSSR count). The molecule has 2 aromatic heterocycles. The van der Waals surface area contributed by atoms with Gasteiger partial charge in [0.25, 0.3) is 0 Å². The van der Waals surface area contributed by atoms with E-state index in [1.807, 2.05) is 36.4 Å². The number of nitrogens with one attached hydrogen (secondary N) is 1. The van der Waals surface area contributed by atoms with Gasteiger partial charge in [0.15, 0.2) is 0 Å². The van der Waals surface area contributed by atoms with E-state index in [4.69, 9.17) is 5.73 Å². The van der Waals surface area contributed by atoms with E-state index < -0.39 is 0 Å². The highest BCUT2D eigenvalue weighted by atomic mass is 19.1. The molecule has 0 radical (unpaired) electrons. The SMILES string of the molecule is N#Cc1c(N)ncnc1NCc1nc2cccc(F)c2cc1-c1ccccc1. The Morgan fingerprint density at radius 1 is 1.07 bits per heavy atom. The second-order valence-corrected chi connectivity index (χ2v) is 6.10. The first kappa shape index (κ1) is 17.4. The molecule has 0 fully saturated rings. The van der Waals surface area contributed by atoms with Crippen LogP contribution in [0.4, 0.5) is 16.0 Å². The van der Waals surface area contributed by atoms with Crippen LogP contribution in [-0.4, -0.2) is 15.0 Å². The van der Waals surface area contributed by atoms with Gasteiger partial charge < -0.3 is 11.1 Å². The van der Waals surface area contributed by atoms with E-state index in [1.54, 1.807) is 18.2 Å². The van der Waals surface area contributed by atoms with Gasteiger partial charge >= 0.3 is 0 Å². The van der Waals surface area contributed by atoms with Crippen molar-refractivity contribution < 1.29 is 4.39 Å². The van der Waals surface area contributed by atoms with Gasteiger partial charge in [0, 0.05) is 10.9 Å². The van der Waals surface area contributed by atoms with Crippen molar-refractivity contribution >= 4 is 22.5 Å². The van der Waals surface area contributed by atoms with E-state index in [2.05, 4.69) is 20.3 Å². The normalized spacial score (nSPS) is 10.6. The largest absolute Gasteiger partial charge is 0.382 e. The van der Waals surface area contributed by atoms with Crippen molar-refractivity contribution in [3.05, 3.63) is 78.0 Å². The van der Waals surface area contributed by atoms with Crippen molar-refractivity contribution in [3.63, 3.8) is 0 Å². The highest BCUT2D eigenvalue weighted by Gasteiger charge is 2.13. The Bertz CT molecular complexity index is 1200. The van der Waals surface area contributed by atoms with Crippen LogP contribution in [0.2, 0.25) is 0 Å². The first-order valence-electron chi connectivity index (χ1n) is 8.55. The summed E-state index contributed by atoms with van der Waals surface area (Å²) in [5.41, 5.74) is 8.89. The Morgan fingerprint density at radius 2 is 1.89 bits per heavy atom. The predicted molar refractivity (Wildman–Crippen MR) is 106 cm³/mol. The molecule has 0 atom stereocenters. The van der Waals surface area contributed by atoms with Crippen molar-refractivity contribution in [2.75, 3.05) is 11.1 Å². The van der Waals surface area contributed by atoms with Crippen molar-refractivity contribution in [1.82, 2.24) is 15.0 Å². The zero-order chi connectivity index (χ0) is 19.5. The fourth-order valence-corrected chi connectivity index (χ4v) is 3.01. The summed E-state index contributed by atoms with van der Waals surface area (Å²) in [5, 5.41) is 12.8. The number of nitrogen functional groups attached to an aromatic ring is 1. The molecule has 0 aliphatic heterocycles. The van der Waals surface area contributed by atoms with Gasteiger partial charge in [-0.2, -0.15) is 5.26 Å². The Balaban J connectivity index is 1.80. The molecule has 7 heteroatoms. The van der Waals surface area contributed by atoms with E-state index in [-0.39, 0.29) is 23.7 Å². The van der Waals surface area contributed by atoms with Crippen LogP contribution in [0.5, 0.6) is 0 Å². The minimum atomic E-state index is -0.322. The lowest BCUT2D eigenvalue weighted by atomic mass is 10.0. The summed E-state index contributed by atoms with van der Waals surface area (Å²) in [7, 11) is 0. The number of benzene rings is 2. The molecule has 0 spiro atoms. The zero-order valence-corrected chi connectivity index (χ0v) is 14.7. The van der Waals surface area contributed by atoms with Gasteiger partial charge in [0.2, 0.25) is 0 Å². The summed E-state index contributed by atoms with van der Waals surface area (Å²) in [6.07, 6.45) is 1.29. The quantitative estimate of drug-likeness (QED) is 0.565. The molecule has 0 amide bonds. The lowest BCUT2D eigenvalue weighted by molar-refractivity contribution is 0.639. The van der Waals surface area contributed by atoms with Gasteiger partial charge in [-0.05, 0) is 23.8 Å². The predicted octanol–water partition coefficient (Wildman–Crippen LogP) is 3.90. The van der Waals surface area contributed by atoms with Gasteiger partial charge in [0.1, 0.15) is 35.4 Å². The number of nitrogens with zero attached hydrogens (tertiary/aromatic N) is 4. The number of rotatable bonds is 4. The Hall–Kier alpha value is -4.05. The zero-order valence-electron chi connectivity index (χ0n) is 14.7. The van der Waals surface area contributed by atoms with Crippen LogP contribution in [0, 0.1) is 17.1 Å². The number of anilines is 2. The molecule has 2 heterocycles. The monoisotopic (exact) mass is 370 g/mol. The third-order valence-electron chi connectivity index (χ3n) is 4.38. The summed E-state index contributed by atoms with van der Waals surface area (Å²) < 4.78 is 14.3. The van der Waals surface area contributed by atoms with Crippen LogP contribution < -0.4 is 11.1 Å². The average molecular weight is 370 g/mol. The number of hydrogen-bond donors (Lipinski definition) is 2. The van der Waals surface area contributed by atoms with E-state index in [0.717, 1.165) is 11.1 Å². The highest BCUT2D eigenvalue weighted by Crippen LogP contribution is 2.28. The minimum absolute atomic E-state index is 0.108. The maximum Gasteiger partial charge on any atom is 0.149 e. The molecule has 0 saturated carbocycles. The molecule has 2 aromatic carbocycles. The van der Waals surface area contributed by atoms with Gasteiger partial charge in [-0.3, -0.25) is 4.98 Å². The first-order chi connectivity index (χ1) is 13.7. The number of aromatic nitrogens is 3. The highest BCUT2D eigenvalue weighted by molar-refractivity contribution is 5.85. The number of fused-ring (bicyclic) bond motifs is 1. The third kappa shape index (κ3) is 3.19. The molecular weight excluding hydrogens is 355 g/mol. The molecule has 0 saturated heterocycles. The molecule has 4 aromatic rings. The summed E-state index contributed by atoms with van der Waals surface area (Å²) >= 11 is 0. The standard InChI is InChI=1S/C21H15FN6/c22-17-7-4-8-18-15(17)9-14(13-5-2-1-3-6-13)19(28-18)11-25-21-16(10-23)20(24)26-12-27-21/h1-9,12H,11H2,(H3,24,25,26,27). The van der Waals surface area contributed by atoms with Crippen molar-refractivity contribution in [1.29, 1.82) is 5.26 Å². The lowest BCUT2D eigenvalue weighted by Gasteiger charge is -2.13. The second-order valence-electron chi connectivity index (χ2n) is 6.10. The minimum Gasteiger partial charge on any atom is -0.382 e. The Kier molecular flexibility index (Phi) is 4.52. The second kappa shape index (κ2) is 7.29. The summed E-state index contributed by atoms with van der Waals surface area (Å²) in [6, 6.07) is 18.2. The molecule has 0 bridgehead atoms. The van der Waals surface area contributed by atoms with Crippen LogP contribution in [-0.2, 0) is 6.54 Å². The van der Waals surface area contributed by atoms with E-state index in [1.165, 1.54) is 12.4 Å². The number of hydrogen-bond acceptors (Lipinski definition) is 6. The Labute approximate surface area is 160 Å². The van der Waals surface area contributed by atoms with Gasteiger partial charge in [0.05, 0.1) is 17.8 Å². The molecule has 0 unspecified atom stereocenters. The number of halogens is 1. The fraction of sp³-hybridized carbons (Fsp3) is 0.0476. The molecule has 6 nitrogen and oxygen atoms in total.